The number of hydrogen-bond donors (Lipinski definition) is 2. The van der Waals surface area contributed by atoms with E-state index in [1.165, 1.54) is 0 Å². The van der Waals surface area contributed by atoms with Crippen molar-refractivity contribution in [1.82, 2.24) is 19.8 Å². The zero-order valence-electron chi connectivity index (χ0n) is 15.1. The highest BCUT2D eigenvalue weighted by molar-refractivity contribution is 7.71. The molecule has 1 atom stereocenters. The van der Waals surface area contributed by atoms with E-state index in [9.17, 15) is 4.79 Å². The van der Waals surface area contributed by atoms with Crippen LogP contribution in [0.2, 0.25) is 5.02 Å². The average Bonchev–Trinajstić information content (AvgIpc) is 3.05. The highest BCUT2D eigenvalue weighted by atomic mass is 35.5. The molecule has 0 bridgehead atoms. The Morgan fingerprint density at radius 3 is 2.52 bits per heavy atom. The number of halogens is 1. The quantitative estimate of drug-likeness (QED) is 0.609. The Kier molecular flexibility index (Phi) is 6.11. The molecule has 0 aliphatic heterocycles. The van der Waals surface area contributed by atoms with Gasteiger partial charge in [0.25, 0.3) is 5.91 Å². The molecule has 0 saturated carbocycles. The summed E-state index contributed by atoms with van der Waals surface area (Å²) in [5, 5.41) is 3.68. The van der Waals surface area contributed by atoms with Gasteiger partial charge in [-0.2, -0.15) is 0 Å². The van der Waals surface area contributed by atoms with Crippen LogP contribution in [0.1, 0.15) is 22.1 Å². The van der Waals surface area contributed by atoms with E-state index in [-0.39, 0.29) is 11.9 Å². The topological polar surface area (TPSA) is 53.1 Å². The number of nitrogens with zero attached hydrogens (tertiary/aromatic N) is 2. The van der Waals surface area contributed by atoms with Crippen LogP contribution in [0.25, 0.3) is 5.69 Å². The molecular formula is C20H21ClN4OS. The van der Waals surface area contributed by atoms with Gasteiger partial charge in [-0.3, -0.25) is 9.36 Å². The van der Waals surface area contributed by atoms with Gasteiger partial charge in [0.2, 0.25) is 0 Å². The van der Waals surface area contributed by atoms with Crippen molar-refractivity contribution in [3.8, 4) is 5.69 Å². The first-order chi connectivity index (χ1) is 13.0. The number of hydrogen-bond acceptors (Lipinski definition) is 3. The molecule has 0 fully saturated rings. The second kappa shape index (κ2) is 8.52. The molecule has 7 heteroatoms. The lowest BCUT2D eigenvalue weighted by atomic mass is 10.1. The fourth-order valence-electron chi connectivity index (χ4n) is 2.97. The minimum atomic E-state index is -0.204. The molecule has 2 N–H and O–H groups in total. The summed E-state index contributed by atoms with van der Waals surface area (Å²) in [5.41, 5.74) is 2.27. The van der Waals surface area contributed by atoms with Crippen LogP contribution in [-0.2, 0) is 0 Å². The Balaban J connectivity index is 1.82. The van der Waals surface area contributed by atoms with E-state index in [1.54, 1.807) is 10.8 Å². The van der Waals surface area contributed by atoms with Crippen LogP contribution in [0.15, 0.2) is 60.8 Å². The maximum Gasteiger partial charge on any atom is 0.269 e. The summed E-state index contributed by atoms with van der Waals surface area (Å²) in [6, 6.07) is 17.2. The van der Waals surface area contributed by atoms with E-state index in [0.717, 1.165) is 11.3 Å². The summed E-state index contributed by atoms with van der Waals surface area (Å²) < 4.78 is 2.20. The van der Waals surface area contributed by atoms with E-state index in [1.807, 2.05) is 73.6 Å². The Morgan fingerprint density at radius 2 is 1.85 bits per heavy atom. The Bertz CT molecular complexity index is 981. The molecule has 0 radical (unpaired) electrons. The number of rotatable bonds is 6. The number of nitrogens with one attached hydrogen (secondary N) is 2. The number of aromatic nitrogens is 2. The predicted octanol–water partition coefficient (Wildman–Crippen LogP) is 4.22. The Hall–Kier alpha value is -2.41. The van der Waals surface area contributed by atoms with Gasteiger partial charge >= 0.3 is 0 Å². The lowest BCUT2D eigenvalue weighted by Gasteiger charge is -2.26. The van der Waals surface area contributed by atoms with Crippen LogP contribution < -0.4 is 5.32 Å². The van der Waals surface area contributed by atoms with E-state index in [2.05, 4.69) is 10.3 Å². The van der Waals surface area contributed by atoms with Gasteiger partial charge in [0, 0.05) is 23.5 Å². The number of amides is 1. The summed E-state index contributed by atoms with van der Waals surface area (Å²) in [5.74, 6) is -0.204. The summed E-state index contributed by atoms with van der Waals surface area (Å²) in [6.07, 6.45) is 1.63. The van der Waals surface area contributed by atoms with Crippen LogP contribution in [-0.4, -0.2) is 41.0 Å². The highest BCUT2D eigenvalue weighted by Crippen LogP contribution is 2.25. The van der Waals surface area contributed by atoms with Crippen molar-refractivity contribution in [2.45, 2.75) is 6.04 Å². The third-order valence-corrected chi connectivity index (χ3v) is 5.01. The number of H-pyrrole nitrogens is 1. The van der Waals surface area contributed by atoms with Gasteiger partial charge in [0.15, 0.2) is 4.77 Å². The van der Waals surface area contributed by atoms with Crippen molar-refractivity contribution >= 4 is 29.7 Å². The fourth-order valence-corrected chi connectivity index (χ4v) is 3.49. The van der Waals surface area contributed by atoms with Crippen LogP contribution in [0.4, 0.5) is 0 Å². The molecule has 1 amide bonds. The van der Waals surface area contributed by atoms with Crippen LogP contribution in [0, 0.1) is 4.77 Å². The fraction of sp³-hybridized carbons (Fsp3) is 0.200. The molecule has 3 aromatic rings. The van der Waals surface area contributed by atoms with Gasteiger partial charge in [-0.1, -0.05) is 48.0 Å². The molecular weight excluding hydrogens is 380 g/mol. The number of carbonyl (C=O) groups excluding carboxylic acids is 1. The normalized spacial score (nSPS) is 12.1. The van der Waals surface area contributed by atoms with Crippen LogP contribution in [0.5, 0.6) is 0 Å². The van der Waals surface area contributed by atoms with E-state index >= 15 is 0 Å². The lowest BCUT2D eigenvalue weighted by Crippen LogP contribution is -2.35. The largest absolute Gasteiger partial charge is 0.349 e. The van der Waals surface area contributed by atoms with E-state index < -0.39 is 0 Å². The third kappa shape index (κ3) is 4.30. The predicted molar refractivity (Wildman–Crippen MR) is 111 cm³/mol. The van der Waals surface area contributed by atoms with Gasteiger partial charge in [-0.25, -0.2) is 0 Å². The standard InChI is InChI=1S/C20H21ClN4OS/c1-24(2)17(15-10-6-7-11-16(15)21)12-22-19(26)18-13-23-20(27)25(18)14-8-4-3-5-9-14/h3-11,13,17H,12H2,1-2H3,(H,22,26)(H,23,27). The minimum absolute atomic E-state index is 0.0465. The van der Waals surface area contributed by atoms with Crippen molar-refractivity contribution in [3.63, 3.8) is 0 Å². The van der Waals surface area contributed by atoms with Gasteiger partial charge in [-0.15, -0.1) is 0 Å². The summed E-state index contributed by atoms with van der Waals surface area (Å²) in [4.78, 5) is 17.8. The maximum atomic E-state index is 12.8. The molecule has 2 aromatic carbocycles. The number of imidazole rings is 1. The van der Waals surface area contributed by atoms with Gasteiger partial charge in [-0.05, 0) is 50.1 Å². The summed E-state index contributed by atoms with van der Waals surface area (Å²) in [7, 11) is 3.92. The first-order valence-corrected chi connectivity index (χ1v) is 9.32. The molecule has 1 unspecified atom stereocenters. The van der Waals surface area contributed by atoms with Crippen molar-refractivity contribution < 1.29 is 4.79 Å². The van der Waals surface area contributed by atoms with Crippen molar-refractivity contribution in [3.05, 3.63) is 81.8 Å². The second-order valence-corrected chi connectivity index (χ2v) is 7.15. The second-order valence-electron chi connectivity index (χ2n) is 6.36. The first-order valence-electron chi connectivity index (χ1n) is 8.54. The molecule has 0 aliphatic carbocycles. The maximum absolute atomic E-state index is 12.8. The molecule has 5 nitrogen and oxygen atoms in total. The third-order valence-electron chi connectivity index (χ3n) is 4.37. The zero-order chi connectivity index (χ0) is 19.4. The Morgan fingerprint density at radius 1 is 1.19 bits per heavy atom. The molecule has 27 heavy (non-hydrogen) atoms. The van der Waals surface area contributed by atoms with Crippen LogP contribution >= 0.6 is 23.8 Å². The monoisotopic (exact) mass is 400 g/mol. The number of carbonyl (C=O) groups is 1. The summed E-state index contributed by atoms with van der Waals surface area (Å²) in [6.45, 7) is 0.419. The average molecular weight is 401 g/mol. The van der Waals surface area contributed by atoms with E-state index in [4.69, 9.17) is 23.8 Å². The SMILES string of the molecule is CN(C)C(CNC(=O)c1c[nH]c(=S)n1-c1ccccc1)c1ccccc1Cl. The van der Waals surface area contributed by atoms with Gasteiger partial charge < -0.3 is 15.2 Å². The van der Waals surface area contributed by atoms with Crippen molar-refractivity contribution in [2.75, 3.05) is 20.6 Å². The minimum Gasteiger partial charge on any atom is -0.349 e. The van der Waals surface area contributed by atoms with E-state index in [0.29, 0.717) is 22.0 Å². The zero-order valence-corrected chi connectivity index (χ0v) is 16.7. The molecule has 0 aliphatic rings. The molecule has 1 heterocycles. The molecule has 0 spiro atoms. The van der Waals surface area contributed by atoms with Crippen molar-refractivity contribution in [1.29, 1.82) is 0 Å². The van der Waals surface area contributed by atoms with Crippen LogP contribution in [0.3, 0.4) is 0 Å². The highest BCUT2D eigenvalue weighted by Gasteiger charge is 2.20. The number of likely N-dealkylation sites (N-methyl/N-ethyl adjacent to an activating group) is 1. The Labute approximate surface area is 168 Å². The number of benzene rings is 2. The molecule has 0 saturated heterocycles. The first kappa shape index (κ1) is 19.4. The van der Waals surface area contributed by atoms with Gasteiger partial charge in [0.1, 0.15) is 5.69 Å². The number of aromatic amines is 1. The smallest absolute Gasteiger partial charge is 0.269 e. The van der Waals surface area contributed by atoms with Gasteiger partial charge in [0.05, 0.1) is 6.04 Å². The lowest BCUT2D eigenvalue weighted by molar-refractivity contribution is 0.0935. The van der Waals surface area contributed by atoms with Crippen molar-refractivity contribution in [2.24, 2.45) is 0 Å². The number of para-hydroxylation sites is 1. The summed E-state index contributed by atoms with van der Waals surface area (Å²) >= 11 is 11.7. The molecule has 1 aromatic heterocycles. The molecule has 3 rings (SSSR count). The molecule has 140 valence electrons.